The van der Waals surface area contributed by atoms with Crippen LogP contribution in [0.2, 0.25) is 0 Å². The lowest BCUT2D eigenvalue weighted by Crippen LogP contribution is -2.57. The molecule has 0 bridgehead atoms. The zero-order valence-corrected chi connectivity index (χ0v) is 19.9. The fourth-order valence-electron chi connectivity index (χ4n) is 5.29. The van der Waals surface area contributed by atoms with Crippen molar-refractivity contribution in [2.75, 3.05) is 30.9 Å². The Hall–Kier alpha value is -1.96. The van der Waals surface area contributed by atoms with Gasteiger partial charge in [-0.2, -0.15) is 0 Å². The first-order valence-electron chi connectivity index (χ1n) is 11.7. The summed E-state index contributed by atoms with van der Waals surface area (Å²) in [5, 5.41) is 0. The molecule has 0 unspecified atom stereocenters. The van der Waals surface area contributed by atoms with Gasteiger partial charge >= 0.3 is 0 Å². The predicted octanol–water partition coefficient (Wildman–Crippen LogP) is 3.81. The molecular formula is C25H35N3O3S. The van der Waals surface area contributed by atoms with Crippen LogP contribution in [0.25, 0.3) is 0 Å². The van der Waals surface area contributed by atoms with Crippen molar-refractivity contribution in [2.45, 2.75) is 50.7 Å². The molecule has 2 fully saturated rings. The SMILES string of the molecule is C[C@@H]1CN(c2ccccn2)C[C@@H](COC2CCC(c3ccccc3)CC2)[C@H]1NS(C)(=O)=O. The molecule has 0 spiro atoms. The molecule has 2 aromatic rings. The molecule has 1 aliphatic heterocycles. The second-order valence-electron chi connectivity index (χ2n) is 9.46. The summed E-state index contributed by atoms with van der Waals surface area (Å²) in [5.74, 6) is 1.78. The summed E-state index contributed by atoms with van der Waals surface area (Å²) < 4.78 is 33.4. The van der Waals surface area contributed by atoms with Crippen LogP contribution in [0, 0.1) is 11.8 Å². The van der Waals surface area contributed by atoms with Crippen molar-refractivity contribution in [2.24, 2.45) is 11.8 Å². The first kappa shape index (κ1) is 23.2. The molecule has 3 atom stereocenters. The highest BCUT2D eigenvalue weighted by molar-refractivity contribution is 7.88. The Labute approximate surface area is 192 Å². The molecule has 1 N–H and O–H groups in total. The highest BCUT2D eigenvalue weighted by atomic mass is 32.2. The van der Waals surface area contributed by atoms with Crippen molar-refractivity contribution in [3.8, 4) is 0 Å². The van der Waals surface area contributed by atoms with Gasteiger partial charge in [0, 0.05) is 31.2 Å². The average Bonchev–Trinajstić information content (AvgIpc) is 2.80. The van der Waals surface area contributed by atoms with E-state index in [0.29, 0.717) is 12.5 Å². The molecule has 1 saturated heterocycles. The molecule has 7 heteroatoms. The summed E-state index contributed by atoms with van der Waals surface area (Å²) in [7, 11) is -3.29. The number of piperidine rings is 1. The monoisotopic (exact) mass is 457 g/mol. The van der Waals surface area contributed by atoms with E-state index in [1.165, 1.54) is 11.8 Å². The normalized spacial score (nSPS) is 29.1. The van der Waals surface area contributed by atoms with Crippen molar-refractivity contribution in [1.29, 1.82) is 0 Å². The lowest BCUT2D eigenvalue weighted by atomic mass is 9.82. The molecule has 4 rings (SSSR count). The van der Waals surface area contributed by atoms with E-state index in [-0.39, 0.29) is 24.0 Å². The molecule has 1 aliphatic carbocycles. The third-order valence-electron chi connectivity index (χ3n) is 6.90. The van der Waals surface area contributed by atoms with Gasteiger partial charge < -0.3 is 9.64 Å². The Morgan fingerprint density at radius 3 is 2.41 bits per heavy atom. The lowest BCUT2D eigenvalue weighted by molar-refractivity contribution is -0.00624. The van der Waals surface area contributed by atoms with E-state index in [2.05, 4.69) is 51.9 Å². The second-order valence-corrected chi connectivity index (χ2v) is 11.2. The van der Waals surface area contributed by atoms with Gasteiger partial charge in [-0.1, -0.05) is 43.3 Å². The Kier molecular flexibility index (Phi) is 7.48. The molecule has 2 heterocycles. The number of aromatic nitrogens is 1. The molecule has 0 amide bonds. The van der Waals surface area contributed by atoms with Gasteiger partial charge in [-0.3, -0.25) is 0 Å². The van der Waals surface area contributed by atoms with Gasteiger partial charge in [0.05, 0.1) is 19.0 Å². The largest absolute Gasteiger partial charge is 0.378 e. The molecule has 1 saturated carbocycles. The number of ether oxygens (including phenoxy) is 1. The number of sulfonamides is 1. The topological polar surface area (TPSA) is 71.5 Å². The quantitative estimate of drug-likeness (QED) is 0.685. The van der Waals surface area contributed by atoms with Gasteiger partial charge in [0.25, 0.3) is 0 Å². The summed E-state index contributed by atoms with van der Waals surface area (Å²) in [6, 6.07) is 16.5. The maximum absolute atomic E-state index is 12.0. The summed E-state index contributed by atoms with van der Waals surface area (Å²) in [6.07, 6.45) is 7.67. The van der Waals surface area contributed by atoms with Crippen molar-refractivity contribution >= 4 is 15.8 Å². The highest BCUT2D eigenvalue weighted by Crippen LogP contribution is 2.35. The Balaban J connectivity index is 1.38. The first-order chi connectivity index (χ1) is 15.4. The molecule has 0 radical (unpaired) electrons. The first-order valence-corrected chi connectivity index (χ1v) is 13.6. The zero-order chi connectivity index (χ0) is 22.6. The molecule has 1 aromatic carbocycles. The van der Waals surface area contributed by atoms with Gasteiger partial charge in [-0.25, -0.2) is 18.1 Å². The second kappa shape index (κ2) is 10.3. The van der Waals surface area contributed by atoms with Crippen LogP contribution in [0.4, 0.5) is 5.82 Å². The van der Waals surface area contributed by atoms with Crippen LogP contribution in [0.5, 0.6) is 0 Å². The Morgan fingerprint density at radius 1 is 1.03 bits per heavy atom. The van der Waals surface area contributed by atoms with Gasteiger partial charge in [-0.15, -0.1) is 0 Å². The van der Waals surface area contributed by atoms with E-state index in [1.54, 1.807) is 6.20 Å². The summed E-state index contributed by atoms with van der Waals surface area (Å²) in [6.45, 7) is 4.16. The minimum atomic E-state index is -3.29. The van der Waals surface area contributed by atoms with Crippen molar-refractivity contribution < 1.29 is 13.2 Å². The van der Waals surface area contributed by atoms with E-state index >= 15 is 0 Å². The number of benzene rings is 1. The van der Waals surface area contributed by atoms with E-state index in [9.17, 15) is 8.42 Å². The van der Waals surface area contributed by atoms with Gasteiger partial charge in [0.2, 0.25) is 10.0 Å². The summed E-state index contributed by atoms with van der Waals surface area (Å²) >= 11 is 0. The van der Waals surface area contributed by atoms with Crippen LogP contribution >= 0.6 is 0 Å². The van der Waals surface area contributed by atoms with Crippen LogP contribution in [-0.4, -0.2) is 51.5 Å². The van der Waals surface area contributed by atoms with E-state index < -0.39 is 10.0 Å². The molecular weight excluding hydrogens is 422 g/mol. The Bertz CT molecular complexity index is 947. The minimum absolute atomic E-state index is 0.0716. The lowest BCUT2D eigenvalue weighted by Gasteiger charge is -2.43. The van der Waals surface area contributed by atoms with Crippen LogP contribution in [0.3, 0.4) is 0 Å². The maximum atomic E-state index is 12.0. The third-order valence-corrected chi connectivity index (χ3v) is 7.60. The number of hydrogen-bond acceptors (Lipinski definition) is 5. The van der Waals surface area contributed by atoms with Crippen molar-refractivity contribution in [1.82, 2.24) is 9.71 Å². The predicted molar refractivity (Wildman–Crippen MR) is 128 cm³/mol. The Morgan fingerprint density at radius 2 is 1.75 bits per heavy atom. The summed E-state index contributed by atoms with van der Waals surface area (Å²) in [4.78, 5) is 6.76. The number of anilines is 1. The molecule has 32 heavy (non-hydrogen) atoms. The zero-order valence-electron chi connectivity index (χ0n) is 19.1. The smallest absolute Gasteiger partial charge is 0.208 e. The van der Waals surface area contributed by atoms with E-state index in [0.717, 1.165) is 44.6 Å². The molecule has 174 valence electrons. The molecule has 6 nitrogen and oxygen atoms in total. The number of nitrogens with zero attached hydrogens (tertiary/aromatic N) is 2. The fraction of sp³-hybridized carbons (Fsp3) is 0.560. The third kappa shape index (κ3) is 6.09. The minimum Gasteiger partial charge on any atom is -0.378 e. The maximum Gasteiger partial charge on any atom is 0.208 e. The molecule has 2 aliphatic rings. The number of rotatable bonds is 7. The van der Waals surface area contributed by atoms with Crippen LogP contribution in [-0.2, 0) is 14.8 Å². The highest BCUT2D eigenvalue weighted by Gasteiger charge is 2.37. The number of nitrogens with one attached hydrogen (secondary N) is 1. The van der Waals surface area contributed by atoms with Crippen LogP contribution < -0.4 is 9.62 Å². The van der Waals surface area contributed by atoms with E-state index in [1.807, 2.05) is 18.2 Å². The standard InChI is InChI=1S/C25H35N3O3S/c1-19-16-28(24-10-6-7-15-26-24)17-22(25(19)27-32(2,29)30)18-31-23-13-11-21(12-14-23)20-8-4-3-5-9-20/h3-10,15,19,21-23,25,27H,11-14,16-18H2,1-2H3/t19-,21?,22+,23?,25+/m1/s1. The van der Waals surface area contributed by atoms with Crippen molar-refractivity contribution in [3.63, 3.8) is 0 Å². The van der Waals surface area contributed by atoms with Crippen molar-refractivity contribution in [3.05, 3.63) is 60.3 Å². The van der Waals surface area contributed by atoms with Crippen LogP contribution in [0.15, 0.2) is 54.7 Å². The number of hydrogen-bond donors (Lipinski definition) is 1. The molecule has 1 aromatic heterocycles. The van der Waals surface area contributed by atoms with E-state index in [4.69, 9.17) is 4.74 Å². The number of pyridine rings is 1. The fourth-order valence-corrected chi connectivity index (χ4v) is 6.21. The van der Waals surface area contributed by atoms with Gasteiger partial charge in [0.15, 0.2) is 0 Å². The average molecular weight is 458 g/mol. The van der Waals surface area contributed by atoms with Gasteiger partial charge in [-0.05, 0) is 55.2 Å². The summed E-state index contributed by atoms with van der Waals surface area (Å²) in [5.41, 5.74) is 1.43. The van der Waals surface area contributed by atoms with Gasteiger partial charge in [0.1, 0.15) is 5.82 Å². The van der Waals surface area contributed by atoms with Crippen LogP contribution in [0.1, 0.15) is 44.1 Å².